The number of aromatic nitrogens is 2. The number of ether oxygens (including phenoxy) is 2. The smallest absolute Gasteiger partial charge is 0.269 e. The van der Waals surface area contributed by atoms with Crippen LogP contribution in [0.2, 0.25) is 5.02 Å². The molecule has 0 spiro atoms. The predicted molar refractivity (Wildman–Crippen MR) is 143 cm³/mol. The van der Waals surface area contributed by atoms with Gasteiger partial charge in [0.1, 0.15) is 23.7 Å². The first-order valence-electron chi connectivity index (χ1n) is 11.7. The monoisotopic (exact) mass is 545 g/mol. The first-order chi connectivity index (χ1) is 18.9. The van der Waals surface area contributed by atoms with Crippen molar-refractivity contribution in [2.75, 3.05) is 12.4 Å². The fourth-order valence-corrected chi connectivity index (χ4v) is 4.26. The molecule has 0 saturated heterocycles. The van der Waals surface area contributed by atoms with Crippen molar-refractivity contribution in [3.05, 3.63) is 112 Å². The number of pyridine rings is 2. The van der Waals surface area contributed by atoms with Gasteiger partial charge in [0.2, 0.25) is 12.0 Å². The van der Waals surface area contributed by atoms with E-state index >= 15 is 0 Å². The summed E-state index contributed by atoms with van der Waals surface area (Å²) >= 11 is 6.55. The van der Waals surface area contributed by atoms with Crippen LogP contribution in [0.25, 0.3) is 0 Å². The van der Waals surface area contributed by atoms with Gasteiger partial charge in [-0.15, -0.1) is 0 Å². The number of carbonyl (C=O) groups is 2. The lowest BCUT2D eigenvalue weighted by molar-refractivity contribution is -0.117. The van der Waals surface area contributed by atoms with Crippen molar-refractivity contribution in [3.8, 4) is 11.6 Å². The van der Waals surface area contributed by atoms with Gasteiger partial charge in [-0.3, -0.25) is 14.6 Å². The second-order valence-electron chi connectivity index (χ2n) is 8.36. The summed E-state index contributed by atoms with van der Waals surface area (Å²) in [7, 11) is 1.49. The molecule has 2 N–H and O–H groups in total. The Bertz CT molecular complexity index is 1580. The molecule has 1 aliphatic rings. The third kappa shape index (κ3) is 5.55. The molecule has 196 valence electrons. The Morgan fingerprint density at radius 3 is 2.77 bits per heavy atom. The number of hydrogen-bond acceptors (Lipinski definition) is 7. The zero-order valence-electron chi connectivity index (χ0n) is 20.5. The SMILES string of the molecule is COc1cccc(Cl)c1C1=NC(NC(=O)c2cc(F)cnc2OCc2cccnc2)C(=O)Nc2ccccc21. The van der Waals surface area contributed by atoms with E-state index in [1.807, 2.05) is 0 Å². The van der Waals surface area contributed by atoms with E-state index in [1.165, 1.54) is 7.11 Å². The van der Waals surface area contributed by atoms with E-state index in [2.05, 4.69) is 25.6 Å². The Labute approximate surface area is 227 Å². The van der Waals surface area contributed by atoms with Gasteiger partial charge < -0.3 is 20.1 Å². The predicted octanol–water partition coefficient (Wildman–Crippen LogP) is 4.40. The lowest BCUT2D eigenvalue weighted by Gasteiger charge is -2.16. The number of methoxy groups -OCH3 is 1. The minimum Gasteiger partial charge on any atom is -0.496 e. The maximum atomic E-state index is 14.1. The molecule has 0 bridgehead atoms. The third-order valence-electron chi connectivity index (χ3n) is 5.81. The van der Waals surface area contributed by atoms with Crippen LogP contribution in [0.3, 0.4) is 0 Å². The average molecular weight is 546 g/mol. The van der Waals surface area contributed by atoms with E-state index in [-0.39, 0.29) is 18.1 Å². The normalized spacial score (nSPS) is 14.4. The van der Waals surface area contributed by atoms with Crippen LogP contribution in [0.15, 0.2) is 84.2 Å². The van der Waals surface area contributed by atoms with Crippen LogP contribution in [0.4, 0.5) is 10.1 Å². The molecule has 2 aromatic heterocycles. The molecular formula is C28H21ClFN5O4. The molecule has 3 heterocycles. The number of benzene rings is 2. The van der Waals surface area contributed by atoms with Crippen molar-refractivity contribution < 1.29 is 23.5 Å². The minimum absolute atomic E-state index is 0.0422. The third-order valence-corrected chi connectivity index (χ3v) is 6.12. The lowest BCUT2D eigenvalue weighted by atomic mass is 9.99. The molecule has 1 aliphatic heterocycles. The number of nitrogens with one attached hydrogen (secondary N) is 2. The Hall–Kier alpha value is -4.83. The van der Waals surface area contributed by atoms with E-state index in [0.717, 1.165) is 17.8 Å². The van der Waals surface area contributed by atoms with Gasteiger partial charge >= 0.3 is 0 Å². The molecule has 1 unspecified atom stereocenters. The zero-order chi connectivity index (χ0) is 27.4. The summed E-state index contributed by atoms with van der Waals surface area (Å²) in [5, 5.41) is 5.68. The van der Waals surface area contributed by atoms with Gasteiger partial charge in [0, 0.05) is 23.5 Å². The zero-order valence-corrected chi connectivity index (χ0v) is 21.3. The summed E-state index contributed by atoms with van der Waals surface area (Å²) in [6.07, 6.45) is 2.73. The van der Waals surface area contributed by atoms with Crippen LogP contribution in [0.1, 0.15) is 27.0 Å². The summed E-state index contributed by atoms with van der Waals surface area (Å²) in [6.45, 7) is 0.0422. The van der Waals surface area contributed by atoms with Gasteiger partial charge in [-0.05, 0) is 30.3 Å². The molecule has 4 aromatic rings. The van der Waals surface area contributed by atoms with E-state index in [1.54, 1.807) is 67.0 Å². The molecule has 0 radical (unpaired) electrons. The van der Waals surface area contributed by atoms with Gasteiger partial charge in [0.05, 0.1) is 35.3 Å². The number of anilines is 1. The number of halogens is 2. The first kappa shape index (κ1) is 25.8. The minimum atomic E-state index is -1.41. The molecule has 9 nitrogen and oxygen atoms in total. The number of rotatable bonds is 7. The van der Waals surface area contributed by atoms with E-state index in [0.29, 0.717) is 33.3 Å². The summed E-state index contributed by atoms with van der Waals surface area (Å²) in [6, 6.07) is 16.6. The van der Waals surface area contributed by atoms with E-state index in [4.69, 9.17) is 21.1 Å². The largest absolute Gasteiger partial charge is 0.496 e. The summed E-state index contributed by atoms with van der Waals surface area (Å²) < 4.78 is 25.3. The maximum absolute atomic E-state index is 14.1. The number of benzodiazepines with no additional fused rings is 1. The van der Waals surface area contributed by atoms with Crippen LogP contribution >= 0.6 is 11.6 Å². The van der Waals surface area contributed by atoms with Crippen LogP contribution in [-0.4, -0.2) is 40.8 Å². The summed E-state index contributed by atoms with van der Waals surface area (Å²) in [4.78, 5) is 39.1. The van der Waals surface area contributed by atoms with E-state index in [9.17, 15) is 14.0 Å². The topological polar surface area (TPSA) is 115 Å². The van der Waals surface area contributed by atoms with Gasteiger partial charge in [0.15, 0.2) is 0 Å². The highest BCUT2D eigenvalue weighted by Gasteiger charge is 2.30. The highest BCUT2D eigenvalue weighted by Crippen LogP contribution is 2.33. The number of carbonyl (C=O) groups excluding carboxylic acids is 2. The lowest BCUT2D eigenvalue weighted by Crippen LogP contribution is -2.42. The Morgan fingerprint density at radius 1 is 1.13 bits per heavy atom. The van der Waals surface area contributed by atoms with Crippen LogP contribution < -0.4 is 20.1 Å². The summed E-state index contributed by atoms with van der Waals surface area (Å²) in [5.41, 5.74) is 2.31. The molecule has 5 rings (SSSR count). The molecule has 11 heteroatoms. The molecule has 2 amide bonds. The number of fused-ring (bicyclic) bond motifs is 1. The average Bonchev–Trinajstić information content (AvgIpc) is 3.08. The van der Waals surface area contributed by atoms with Gasteiger partial charge in [0.25, 0.3) is 11.8 Å². The molecule has 1 atom stereocenters. The van der Waals surface area contributed by atoms with Crippen molar-refractivity contribution >= 4 is 34.8 Å². The van der Waals surface area contributed by atoms with Gasteiger partial charge in [-0.2, -0.15) is 0 Å². The highest BCUT2D eigenvalue weighted by molar-refractivity contribution is 6.36. The number of para-hydroxylation sites is 1. The molecule has 2 aromatic carbocycles. The number of hydrogen-bond donors (Lipinski definition) is 2. The Kier molecular flexibility index (Phi) is 7.46. The van der Waals surface area contributed by atoms with Crippen molar-refractivity contribution in [1.29, 1.82) is 0 Å². The van der Waals surface area contributed by atoms with E-state index < -0.39 is 23.8 Å². The fourth-order valence-electron chi connectivity index (χ4n) is 4.00. The van der Waals surface area contributed by atoms with Crippen molar-refractivity contribution in [2.24, 2.45) is 4.99 Å². The van der Waals surface area contributed by atoms with Gasteiger partial charge in [-0.25, -0.2) is 14.4 Å². The van der Waals surface area contributed by atoms with Gasteiger partial charge in [-0.1, -0.05) is 41.9 Å². The van der Waals surface area contributed by atoms with Crippen molar-refractivity contribution in [1.82, 2.24) is 15.3 Å². The van der Waals surface area contributed by atoms with Crippen LogP contribution in [-0.2, 0) is 11.4 Å². The van der Waals surface area contributed by atoms with Crippen LogP contribution in [0.5, 0.6) is 11.6 Å². The van der Waals surface area contributed by atoms with Crippen molar-refractivity contribution in [2.45, 2.75) is 12.8 Å². The fraction of sp³-hybridized carbons (Fsp3) is 0.107. The highest BCUT2D eigenvalue weighted by atomic mass is 35.5. The maximum Gasteiger partial charge on any atom is 0.269 e. The molecule has 0 fully saturated rings. The van der Waals surface area contributed by atoms with Crippen molar-refractivity contribution in [3.63, 3.8) is 0 Å². The quantitative estimate of drug-likeness (QED) is 0.356. The first-order valence-corrected chi connectivity index (χ1v) is 12.1. The van der Waals surface area contributed by atoms with Crippen LogP contribution in [0, 0.1) is 5.82 Å². The molecule has 39 heavy (non-hydrogen) atoms. The Balaban J connectivity index is 1.51. The summed E-state index contributed by atoms with van der Waals surface area (Å²) in [5.74, 6) is -1.87. The molecule has 0 saturated carbocycles. The second kappa shape index (κ2) is 11.3. The molecule has 0 aliphatic carbocycles. The Morgan fingerprint density at radius 2 is 1.97 bits per heavy atom. The standard InChI is InChI=1S/C28H21ClFN5O4/c1-38-22-10-4-8-20(29)23(22)24-18-7-2-3-9-21(18)33-27(37)25(34-24)35-26(36)19-12-17(30)14-32-28(19)39-15-16-6-5-11-31-13-16/h2-14,25H,15H2,1H3,(H,33,37)(H,35,36). The number of aliphatic imine (C=N–C) groups is 1. The number of amides is 2. The molecular weight excluding hydrogens is 525 g/mol. The number of nitrogens with zero attached hydrogens (tertiary/aromatic N) is 3. The second-order valence-corrected chi connectivity index (χ2v) is 8.77.